The van der Waals surface area contributed by atoms with Gasteiger partial charge in [0.15, 0.2) is 5.82 Å². The van der Waals surface area contributed by atoms with Crippen molar-refractivity contribution in [1.29, 1.82) is 0 Å². The first-order valence-corrected chi connectivity index (χ1v) is 8.60. The fourth-order valence-electron chi connectivity index (χ4n) is 2.24. The molecule has 0 fully saturated rings. The minimum atomic E-state index is -0.118. The van der Waals surface area contributed by atoms with Crippen LogP contribution in [0.15, 0.2) is 57.9 Å². The van der Waals surface area contributed by atoms with Crippen molar-refractivity contribution in [3.05, 3.63) is 59.9 Å². The molecule has 0 spiro atoms. The van der Waals surface area contributed by atoms with Crippen molar-refractivity contribution in [2.75, 3.05) is 11.1 Å². The zero-order valence-corrected chi connectivity index (χ0v) is 14.3. The van der Waals surface area contributed by atoms with Crippen LogP contribution in [0, 0.1) is 6.92 Å². The maximum Gasteiger partial charge on any atom is 0.257 e. The zero-order valence-electron chi connectivity index (χ0n) is 13.4. The molecule has 0 radical (unpaired) electrons. The number of anilines is 1. The molecule has 24 heavy (non-hydrogen) atoms. The van der Waals surface area contributed by atoms with Gasteiger partial charge in [-0.1, -0.05) is 24.2 Å². The van der Waals surface area contributed by atoms with E-state index in [-0.39, 0.29) is 5.91 Å². The Balaban J connectivity index is 1.75. The van der Waals surface area contributed by atoms with Gasteiger partial charge in [-0.2, -0.15) is 4.98 Å². The average Bonchev–Trinajstić information content (AvgIpc) is 3.03. The quantitative estimate of drug-likeness (QED) is 0.697. The third-order valence-electron chi connectivity index (χ3n) is 3.35. The molecular formula is C18H17N3O2S. The van der Waals surface area contributed by atoms with Crippen molar-refractivity contribution in [3.8, 4) is 11.5 Å². The van der Waals surface area contributed by atoms with E-state index in [1.165, 1.54) is 0 Å². The molecular weight excluding hydrogens is 322 g/mol. The molecule has 0 bridgehead atoms. The predicted octanol–water partition coefficient (Wildman–Crippen LogP) is 4.41. The molecule has 2 aromatic carbocycles. The molecule has 122 valence electrons. The van der Waals surface area contributed by atoms with Gasteiger partial charge in [-0.3, -0.25) is 4.79 Å². The Morgan fingerprint density at radius 1 is 1.17 bits per heavy atom. The lowest BCUT2D eigenvalue weighted by atomic mass is 10.2. The number of amides is 1. The lowest BCUT2D eigenvalue weighted by Gasteiger charge is -2.09. The van der Waals surface area contributed by atoms with E-state index in [4.69, 9.17) is 4.52 Å². The van der Waals surface area contributed by atoms with Crippen molar-refractivity contribution < 1.29 is 9.32 Å². The lowest BCUT2D eigenvalue weighted by Crippen LogP contribution is -2.12. The highest BCUT2D eigenvalue weighted by atomic mass is 32.2. The molecule has 0 unspecified atom stereocenters. The summed E-state index contributed by atoms with van der Waals surface area (Å²) in [6.45, 7) is 3.84. The molecule has 0 aliphatic heterocycles. The van der Waals surface area contributed by atoms with Crippen LogP contribution in [0.4, 0.5) is 5.69 Å². The summed E-state index contributed by atoms with van der Waals surface area (Å²) in [6, 6.07) is 14.9. The van der Waals surface area contributed by atoms with Crippen LogP contribution in [0.2, 0.25) is 0 Å². The molecule has 1 heterocycles. The van der Waals surface area contributed by atoms with E-state index in [1.54, 1.807) is 18.7 Å². The van der Waals surface area contributed by atoms with E-state index in [9.17, 15) is 4.79 Å². The van der Waals surface area contributed by atoms with Crippen molar-refractivity contribution in [1.82, 2.24) is 10.1 Å². The van der Waals surface area contributed by atoms with Crippen LogP contribution in [-0.4, -0.2) is 21.8 Å². The number of nitrogens with zero attached hydrogens (tertiary/aromatic N) is 2. The van der Waals surface area contributed by atoms with Gasteiger partial charge in [0.05, 0.1) is 5.56 Å². The highest BCUT2D eigenvalue weighted by Crippen LogP contribution is 2.24. The average molecular weight is 339 g/mol. The van der Waals surface area contributed by atoms with E-state index in [1.807, 2.05) is 48.5 Å². The first-order chi connectivity index (χ1) is 11.7. The molecule has 3 aromatic rings. The van der Waals surface area contributed by atoms with Crippen LogP contribution < -0.4 is 5.32 Å². The Morgan fingerprint density at radius 3 is 2.58 bits per heavy atom. The van der Waals surface area contributed by atoms with Crippen LogP contribution in [0.1, 0.15) is 23.1 Å². The van der Waals surface area contributed by atoms with Crippen molar-refractivity contribution >= 4 is 23.4 Å². The highest BCUT2D eigenvalue weighted by molar-refractivity contribution is 7.99. The standard InChI is InChI=1S/C18H17N3O2S/c1-3-24-16-7-5-4-6-15(16)17(22)20-14-10-8-13(9-11-14)18-19-12(2)21-23-18/h4-11H,3H2,1-2H3,(H,20,22). The van der Waals surface area contributed by atoms with Gasteiger partial charge in [-0.25, -0.2) is 0 Å². The Bertz CT molecular complexity index is 843. The number of carbonyl (C=O) groups excluding carboxylic acids is 1. The predicted molar refractivity (Wildman–Crippen MR) is 95.3 cm³/mol. The molecule has 0 aliphatic carbocycles. The fourth-order valence-corrected chi connectivity index (χ4v) is 3.05. The summed E-state index contributed by atoms with van der Waals surface area (Å²) in [5.41, 5.74) is 2.22. The largest absolute Gasteiger partial charge is 0.334 e. The zero-order chi connectivity index (χ0) is 16.9. The van der Waals surface area contributed by atoms with Gasteiger partial charge in [0.25, 0.3) is 11.8 Å². The van der Waals surface area contributed by atoms with Crippen LogP contribution in [0.25, 0.3) is 11.5 Å². The van der Waals surface area contributed by atoms with E-state index in [2.05, 4.69) is 22.4 Å². The molecule has 0 saturated carbocycles. The van der Waals surface area contributed by atoms with E-state index in [0.717, 1.165) is 21.9 Å². The maximum absolute atomic E-state index is 12.5. The molecule has 0 saturated heterocycles. The van der Waals surface area contributed by atoms with Crippen LogP contribution >= 0.6 is 11.8 Å². The van der Waals surface area contributed by atoms with Crippen molar-refractivity contribution in [2.24, 2.45) is 0 Å². The number of aryl methyl sites for hydroxylation is 1. The Morgan fingerprint density at radius 2 is 1.92 bits per heavy atom. The highest BCUT2D eigenvalue weighted by Gasteiger charge is 2.12. The van der Waals surface area contributed by atoms with Gasteiger partial charge in [0.2, 0.25) is 0 Å². The fraction of sp³-hybridized carbons (Fsp3) is 0.167. The van der Waals surface area contributed by atoms with Crippen LogP contribution in [0.3, 0.4) is 0 Å². The first-order valence-electron chi connectivity index (χ1n) is 7.61. The molecule has 1 N–H and O–H groups in total. The number of aromatic nitrogens is 2. The number of benzene rings is 2. The van der Waals surface area contributed by atoms with Crippen LogP contribution in [-0.2, 0) is 0 Å². The summed E-state index contributed by atoms with van der Waals surface area (Å²) in [4.78, 5) is 17.7. The Hall–Kier alpha value is -2.60. The van der Waals surface area contributed by atoms with Crippen molar-refractivity contribution in [2.45, 2.75) is 18.7 Å². The SMILES string of the molecule is CCSc1ccccc1C(=O)Nc1ccc(-c2nc(C)no2)cc1. The molecule has 5 nitrogen and oxygen atoms in total. The second-order valence-corrected chi connectivity index (χ2v) is 6.41. The minimum absolute atomic E-state index is 0.118. The summed E-state index contributed by atoms with van der Waals surface area (Å²) in [6.07, 6.45) is 0. The number of rotatable bonds is 5. The second kappa shape index (κ2) is 7.31. The van der Waals surface area contributed by atoms with Gasteiger partial charge in [0.1, 0.15) is 0 Å². The number of nitrogens with one attached hydrogen (secondary N) is 1. The Kier molecular flexibility index (Phi) is 4.96. The van der Waals surface area contributed by atoms with Gasteiger partial charge < -0.3 is 9.84 Å². The van der Waals surface area contributed by atoms with Gasteiger partial charge in [-0.15, -0.1) is 11.8 Å². The smallest absolute Gasteiger partial charge is 0.257 e. The van der Waals surface area contributed by atoms with E-state index in [0.29, 0.717) is 17.3 Å². The van der Waals surface area contributed by atoms with Crippen molar-refractivity contribution in [3.63, 3.8) is 0 Å². The molecule has 3 rings (SSSR count). The number of thioether (sulfide) groups is 1. The molecule has 1 amide bonds. The van der Waals surface area contributed by atoms with Gasteiger partial charge >= 0.3 is 0 Å². The third-order valence-corrected chi connectivity index (χ3v) is 4.30. The first kappa shape index (κ1) is 16.3. The lowest BCUT2D eigenvalue weighted by molar-refractivity contribution is 0.102. The van der Waals surface area contributed by atoms with Gasteiger partial charge in [-0.05, 0) is 49.1 Å². The van der Waals surface area contributed by atoms with Crippen LogP contribution in [0.5, 0.6) is 0 Å². The second-order valence-electron chi connectivity index (χ2n) is 5.11. The molecule has 0 aliphatic rings. The summed E-state index contributed by atoms with van der Waals surface area (Å²) < 4.78 is 5.13. The number of hydrogen-bond acceptors (Lipinski definition) is 5. The number of hydrogen-bond donors (Lipinski definition) is 1. The topological polar surface area (TPSA) is 68.0 Å². The summed E-state index contributed by atoms with van der Waals surface area (Å²) in [5.74, 6) is 1.86. The Labute approximate surface area is 144 Å². The number of carbonyl (C=O) groups is 1. The van der Waals surface area contributed by atoms with E-state index >= 15 is 0 Å². The minimum Gasteiger partial charge on any atom is -0.334 e. The monoisotopic (exact) mass is 339 g/mol. The van der Waals surface area contributed by atoms with Gasteiger partial charge in [0, 0.05) is 16.1 Å². The summed E-state index contributed by atoms with van der Waals surface area (Å²) in [7, 11) is 0. The molecule has 1 aromatic heterocycles. The maximum atomic E-state index is 12.5. The normalized spacial score (nSPS) is 10.6. The third kappa shape index (κ3) is 3.65. The van der Waals surface area contributed by atoms with E-state index < -0.39 is 0 Å². The molecule has 6 heteroatoms. The summed E-state index contributed by atoms with van der Waals surface area (Å²) >= 11 is 1.65. The summed E-state index contributed by atoms with van der Waals surface area (Å²) in [5, 5.41) is 6.69. The molecule has 0 atom stereocenters.